The molecule has 0 saturated heterocycles. The quantitative estimate of drug-likeness (QED) is 0.646. The molecular weight excluding hydrogens is 243 g/mol. The largest absolute Gasteiger partial charge is 0.507 e. The predicted molar refractivity (Wildman–Crippen MR) is 50.9 cm³/mol. The van der Waals surface area contributed by atoms with Crippen LogP contribution < -0.4 is 0 Å². The van der Waals surface area contributed by atoms with Crippen LogP contribution in [0.1, 0.15) is 10.4 Å². The molecular formula is C8H6BrClO2. The van der Waals surface area contributed by atoms with E-state index in [1.54, 1.807) is 12.1 Å². The predicted octanol–water partition coefficient (Wildman–Crippen LogP) is 2.58. The topological polar surface area (TPSA) is 37.3 Å². The number of rotatable bonds is 2. The smallest absolute Gasteiger partial charge is 0.181 e. The standard InChI is InChI=1S/C8H6BrClO2/c9-5-1-2-7(11)6(3-5)8(12)4-10/h1-3,11H,4H2. The summed E-state index contributed by atoms with van der Waals surface area (Å²) in [5, 5.41) is 9.24. The van der Waals surface area contributed by atoms with Crippen molar-refractivity contribution in [2.45, 2.75) is 0 Å². The van der Waals surface area contributed by atoms with Gasteiger partial charge in [0.15, 0.2) is 5.78 Å². The molecule has 0 fully saturated rings. The van der Waals surface area contributed by atoms with Gasteiger partial charge in [-0.3, -0.25) is 4.79 Å². The third-order valence-electron chi connectivity index (χ3n) is 1.38. The minimum absolute atomic E-state index is 0.0381. The average molecular weight is 249 g/mol. The first-order chi connectivity index (χ1) is 5.65. The van der Waals surface area contributed by atoms with E-state index in [4.69, 9.17) is 11.6 Å². The third-order valence-corrected chi connectivity index (χ3v) is 2.12. The highest BCUT2D eigenvalue weighted by atomic mass is 79.9. The summed E-state index contributed by atoms with van der Waals surface area (Å²) in [4.78, 5) is 11.1. The zero-order chi connectivity index (χ0) is 9.14. The molecule has 64 valence electrons. The van der Waals surface area contributed by atoms with Gasteiger partial charge in [0, 0.05) is 4.47 Å². The van der Waals surface area contributed by atoms with Gasteiger partial charge >= 0.3 is 0 Å². The average Bonchev–Trinajstić information content (AvgIpc) is 2.08. The highest BCUT2D eigenvalue weighted by Gasteiger charge is 2.09. The Morgan fingerprint density at radius 1 is 1.58 bits per heavy atom. The number of hydrogen-bond acceptors (Lipinski definition) is 2. The van der Waals surface area contributed by atoms with E-state index in [0.717, 1.165) is 4.47 Å². The monoisotopic (exact) mass is 248 g/mol. The lowest BCUT2D eigenvalue weighted by molar-refractivity contribution is 0.101. The summed E-state index contributed by atoms with van der Waals surface area (Å²) in [7, 11) is 0. The molecule has 1 aromatic carbocycles. The Morgan fingerprint density at radius 2 is 2.25 bits per heavy atom. The van der Waals surface area contributed by atoms with Crippen LogP contribution in [0.4, 0.5) is 0 Å². The Bertz CT molecular complexity index is 312. The SMILES string of the molecule is O=C(CCl)c1cc(Br)ccc1O. The fraction of sp³-hybridized carbons (Fsp3) is 0.125. The molecule has 2 nitrogen and oxygen atoms in total. The Hall–Kier alpha value is -0.540. The number of Topliss-reactive ketones (excluding diaryl/α,β-unsaturated/α-hetero) is 1. The fourth-order valence-corrected chi connectivity index (χ4v) is 1.31. The molecule has 0 spiro atoms. The lowest BCUT2D eigenvalue weighted by Gasteiger charge is -2.00. The second-order valence-corrected chi connectivity index (χ2v) is 3.40. The lowest BCUT2D eigenvalue weighted by atomic mass is 10.1. The van der Waals surface area contributed by atoms with E-state index in [2.05, 4.69) is 15.9 Å². The highest BCUT2D eigenvalue weighted by Crippen LogP contribution is 2.22. The van der Waals surface area contributed by atoms with Gasteiger partial charge in [0.1, 0.15) is 5.75 Å². The van der Waals surface area contributed by atoms with E-state index in [1.165, 1.54) is 6.07 Å². The number of benzene rings is 1. The Kier molecular flexibility index (Phi) is 3.12. The molecule has 0 aromatic heterocycles. The van der Waals surface area contributed by atoms with E-state index in [1.807, 2.05) is 0 Å². The van der Waals surface area contributed by atoms with Crippen molar-refractivity contribution < 1.29 is 9.90 Å². The number of hydrogen-bond donors (Lipinski definition) is 1. The summed E-state index contributed by atoms with van der Waals surface area (Å²) in [6.45, 7) is 0. The van der Waals surface area contributed by atoms with Crippen molar-refractivity contribution in [1.29, 1.82) is 0 Å². The van der Waals surface area contributed by atoms with Crippen LogP contribution in [0.5, 0.6) is 5.75 Å². The minimum Gasteiger partial charge on any atom is -0.507 e. The molecule has 0 aliphatic rings. The van der Waals surface area contributed by atoms with Crippen molar-refractivity contribution in [3.05, 3.63) is 28.2 Å². The Labute approximate surface area is 83.3 Å². The zero-order valence-electron chi connectivity index (χ0n) is 6.05. The first-order valence-corrected chi connectivity index (χ1v) is 4.55. The maximum atomic E-state index is 11.1. The van der Waals surface area contributed by atoms with Gasteiger partial charge in [-0.05, 0) is 18.2 Å². The van der Waals surface area contributed by atoms with Crippen LogP contribution in [0.15, 0.2) is 22.7 Å². The van der Waals surface area contributed by atoms with Crippen LogP contribution in [0.25, 0.3) is 0 Å². The summed E-state index contributed by atoms with van der Waals surface area (Å²) in [5.41, 5.74) is 0.249. The molecule has 0 unspecified atom stereocenters. The van der Waals surface area contributed by atoms with Gasteiger partial charge in [-0.1, -0.05) is 15.9 Å². The summed E-state index contributed by atoms with van der Waals surface area (Å²) in [6, 6.07) is 4.64. The van der Waals surface area contributed by atoms with Crippen LogP contribution in [0.2, 0.25) is 0 Å². The maximum absolute atomic E-state index is 11.1. The van der Waals surface area contributed by atoms with Gasteiger partial charge in [0.25, 0.3) is 0 Å². The summed E-state index contributed by atoms with van der Waals surface area (Å²) in [6.07, 6.45) is 0. The number of carbonyl (C=O) groups is 1. The molecule has 0 amide bonds. The molecule has 0 radical (unpaired) electrons. The second-order valence-electron chi connectivity index (χ2n) is 2.22. The molecule has 1 N–H and O–H groups in total. The molecule has 0 atom stereocenters. The maximum Gasteiger partial charge on any atom is 0.181 e. The van der Waals surface area contributed by atoms with Crippen LogP contribution >= 0.6 is 27.5 Å². The van der Waals surface area contributed by atoms with Gasteiger partial charge in [0.2, 0.25) is 0 Å². The molecule has 0 heterocycles. The number of aromatic hydroxyl groups is 1. The summed E-state index contributed by atoms with van der Waals surface area (Å²) in [5.74, 6) is -0.441. The number of halogens is 2. The van der Waals surface area contributed by atoms with Gasteiger partial charge < -0.3 is 5.11 Å². The number of phenolic OH excluding ortho intramolecular Hbond substituents is 1. The molecule has 0 bridgehead atoms. The van der Waals surface area contributed by atoms with Gasteiger partial charge in [-0.15, -0.1) is 11.6 Å². The van der Waals surface area contributed by atoms with Gasteiger partial charge in [-0.2, -0.15) is 0 Å². The normalized spacial score (nSPS) is 9.83. The van der Waals surface area contributed by atoms with Crippen molar-refractivity contribution >= 4 is 33.3 Å². The minimum atomic E-state index is -0.282. The first kappa shape index (κ1) is 9.55. The van der Waals surface area contributed by atoms with Crippen molar-refractivity contribution in [1.82, 2.24) is 0 Å². The van der Waals surface area contributed by atoms with Gasteiger partial charge in [0.05, 0.1) is 11.4 Å². The van der Waals surface area contributed by atoms with Crippen molar-refractivity contribution in [3.63, 3.8) is 0 Å². The molecule has 1 aromatic rings. The lowest BCUT2D eigenvalue weighted by Crippen LogP contribution is -2.00. The number of ketones is 1. The van der Waals surface area contributed by atoms with E-state index >= 15 is 0 Å². The van der Waals surface area contributed by atoms with E-state index in [-0.39, 0.29) is 23.0 Å². The summed E-state index contributed by atoms with van der Waals surface area (Å²) < 4.78 is 0.744. The Morgan fingerprint density at radius 3 is 2.83 bits per heavy atom. The third kappa shape index (κ3) is 1.99. The van der Waals surface area contributed by atoms with Crippen LogP contribution in [-0.4, -0.2) is 16.8 Å². The van der Waals surface area contributed by atoms with Crippen molar-refractivity contribution in [2.24, 2.45) is 0 Å². The Balaban J connectivity index is 3.13. The fourth-order valence-electron chi connectivity index (χ4n) is 0.804. The molecule has 0 aliphatic heterocycles. The number of alkyl halides is 1. The molecule has 0 aliphatic carbocycles. The number of phenols is 1. The zero-order valence-corrected chi connectivity index (χ0v) is 8.39. The van der Waals surface area contributed by atoms with E-state index in [0.29, 0.717) is 0 Å². The molecule has 4 heteroatoms. The number of carbonyl (C=O) groups excluding carboxylic acids is 1. The summed E-state index contributed by atoms with van der Waals surface area (Å²) >= 11 is 8.52. The van der Waals surface area contributed by atoms with Crippen molar-refractivity contribution in [2.75, 3.05) is 5.88 Å². The molecule has 12 heavy (non-hydrogen) atoms. The van der Waals surface area contributed by atoms with Gasteiger partial charge in [-0.25, -0.2) is 0 Å². The van der Waals surface area contributed by atoms with Crippen molar-refractivity contribution in [3.8, 4) is 5.75 Å². The highest BCUT2D eigenvalue weighted by molar-refractivity contribution is 9.10. The van der Waals surface area contributed by atoms with Crippen LogP contribution in [-0.2, 0) is 0 Å². The molecule has 1 rings (SSSR count). The van der Waals surface area contributed by atoms with E-state index < -0.39 is 0 Å². The molecule has 0 saturated carbocycles. The van der Waals surface area contributed by atoms with Crippen LogP contribution in [0, 0.1) is 0 Å². The second kappa shape index (κ2) is 3.92. The van der Waals surface area contributed by atoms with E-state index in [9.17, 15) is 9.90 Å². The van der Waals surface area contributed by atoms with Crippen LogP contribution in [0.3, 0.4) is 0 Å². The first-order valence-electron chi connectivity index (χ1n) is 3.23.